The molecule has 0 bridgehead atoms. The molecule has 3 atom stereocenters. The van der Waals surface area contributed by atoms with Crippen LogP contribution in [0.4, 0.5) is 0 Å². The van der Waals surface area contributed by atoms with E-state index in [1.165, 1.54) is 7.11 Å². The molecule has 2 rings (SSSR count). The van der Waals surface area contributed by atoms with Gasteiger partial charge in [0.25, 0.3) is 0 Å². The summed E-state index contributed by atoms with van der Waals surface area (Å²) in [5, 5.41) is 0. The van der Waals surface area contributed by atoms with Crippen molar-refractivity contribution < 1.29 is 14.3 Å². The van der Waals surface area contributed by atoms with E-state index in [2.05, 4.69) is 13.8 Å². The highest BCUT2D eigenvalue weighted by Crippen LogP contribution is 2.65. The van der Waals surface area contributed by atoms with Crippen LogP contribution in [0.1, 0.15) is 41.0 Å². The smallest absolute Gasteiger partial charge is 0.328 e. The highest BCUT2D eigenvalue weighted by Gasteiger charge is 2.69. The fourth-order valence-corrected chi connectivity index (χ4v) is 3.49. The summed E-state index contributed by atoms with van der Waals surface area (Å²) < 4.78 is 4.90. The first-order chi connectivity index (χ1) is 8.59. The van der Waals surface area contributed by atoms with Gasteiger partial charge < -0.3 is 9.64 Å². The lowest BCUT2D eigenvalue weighted by Gasteiger charge is -2.31. The standard InChI is InChI=1S/C15H25NO3/c1-14(2,3)7-10(17)16-8-9-11(15(9,4)5)12(16)13(18)19-6/h9,11-12H,7-8H2,1-6H3/t9-,11?,12-/m0/s1. The normalized spacial score (nSPS) is 31.9. The maximum atomic E-state index is 12.4. The first-order valence-corrected chi connectivity index (χ1v) is 6.97. The van der Waals surface area contributed by atoms with Gasteiger partial charge in [0, 0.05) is 18.9 Å². The summed E-state index contributed by atoms with van der Waals surface area (Å²) >= 11 is 0. The molecule has 1 aliphatic heterocycles. The number of fused-ring (bicyclic) bond motifs is 1. The van der Waals surface area contributed by atoms with Gasteiger partial charge in [0.15, 0.2) is 0 Å². The molecular formula is C15H25NO3. The third-order valence-electron chi connectivity index (χ3n) is 4.65. The van der Waals surface area contributed by atoms with Crippen LogP contribution in [0.2, 0.25) is 0 Å². The molecule has 0 spiro atoms. The zero-order valence-corrected chi connectivity index (χ0v) is 12.8. The Balaban J connectivity index is 2.14. The van der Waals surface area contributed by atoms with Crippen LogP contribution in [0.15, 0.2) is 0 Å². The van der Waals surface area contributed by atoms with Gasteiger partial charge in [-0.25, -0.2) is 4.79 Å². The van der Waals surface area contributed by atoms with Gasteiger partial charge in [-0.1, -0.05) is 34.6 Å². The lowest BCUT2D eigenvalue weighted by molar-refractivity contribution is -0.153. The first kappa shape index (κ1) is 14.4. The van der Waals surface area contributed by atoms with Crippen molar-refractivity contribution in [3.63, 3.8) is 0 Å². The molecule has 4 nitrogen and oxygen atoms in total. The van der Waals surface area contributed by atoms with E-state index in [1.807, 2.05) is 20.8 Å². The van der Waals surface area contributed by atoms with E-state index < -0.39 is 0 Å². The van der Waals surface area contributed by atoms with Gasteiger partial charge in [-0.15, -0.1) is 0 Å². The van der Waals surface area contributed by atoms with E-state index in [0.717, 1.165) is 0 Å². The van der Waals surface area contributed by atoms with Crippen molar-refractivity contribution in [3.05, 3.63) is 0 Å². The molecule has 0 aromatic heterocycles. The van der Waals surface area contributed by atoms with E-state index in [0.29, 0.717) is 18.9 Å². The molecule has 4 heteroatoms. The lowest BCUT2D eigenvalue weighted by Crippen LogP contribution is -2.46. The Hall–Kier alpha value is -1.06. The molecule has 1 saturated heterocycles. The van der Waals surface area contributed by atoms with E-state index in [4.69, 9.17) is 4.74 Å². The minimum Gasteiger partial charge on any atom is -0.467 e. The van der Waals surface area contributed by atoms with Crippen LogP contribution in [0.5, 0.6) is 0 Å². The Morgan fingerprint density at radius 1 is 1.32 bits per heavy atom. The Labute approximate surface area is 115 Å². The number of amides is 1. The summed E-state index contributed by atoms with van der Waals surface area (Å²) in [6, 6.07) is -0.375. The number of hydrogen-bond donors (Lipinski definition) is 0. The number of esters is 1. The number of carbonyl (C=O) groups excluding carboxylic acids is 2. The van der Waals surface area contributed by atoms with E-state index in [9.17, 15) is 9.59 Å². The number of nitrogens with zero attached hydrogens (tertiary/aromatic N) is 1. The van der Waals surface area contributed by atoms with E-state index >= 15 is 0 Å². The number of piperidine rings is 1. The molecule has 0 aromatic rings. The second kappa shape index (κ2) is 4.22. The van der Waals surface area contributed by atoms with Crippen LogP contribution >= 0.6 is 0 Å². The van der Waals surface area contributed by atoms with Crippen molar-refractivity contribution in [1.82, 2.24) is 4.90 Å². The van der Waals surface area contributed by atoms with Gasteiger partial charge in [0.2, 0.25) is 5.91 Å². The molecule has 2 aliphatic rings. The summed E-state index contributed by atoms with van der Waals surface area (Å²) in [4.78, 5) is 26.1. The fourth-order valence-electron chi connectivity index (χ4n) is 3.49. The molecule has 1 unspecified atom stereocenters. The Kier molecular flexibility index (Phi) is 3.19. The van der Waals surface area contributed by atoms with Crippen LogP contribution in [0.25, 0.3) is 0 Å². The summed E-state index contributed by atoms with van der Waals surface area (Å²) in [5.41, 5.74) is 0.109. The predicted molar refractivity (Wildman–Crippen MR) is 72.4 cm³/mol. The number of carbonyl (C=O) groups is 2. The van der Waals surface area contributed by atoms with Crippen molar-refractivity contribution in [1.29, 1.82) is 0 Å². The van der Waals surface area contributed by atoms with Crippen LogP contribution < -0.4 is 0 Å². The molecule has 2 fully saturated rings. The maximum absolute atomic E-state index is 12.4. The Bertz CT molecular complexity index is 408. The van der Waals surface area contributed by atoms with Crippen molar-refractivity contribution in [2.24, 2.45) is 22.7 Å². The maximum Gasteiger partial charge on any atom is 0.328 e. The third kappa shape index (κ3) is 2.37. The van der Waals surface area contributed by atoms with Crippen LogP contribution in [0.3, 0.4) is 0 Å². The fraction of sp³-hybridized carbons (Fsp3) is 0.867. The average Bonchev–Trinajstić information content (AvgIpc) is 2.65. The number of methoxy groups -OCH3 is 1. The number of rotatable bonds is 2. The Morgan fingerprint density at radius 3 is 2.37 bits per heavy atom. The van der Waals surface area contributed by atoms with E-state index in [-0.39, 0.29) is 34.7 Å². The lowest BCUT2D eigenvalue weighted by atomic mass is 9.91. The first-order valence-electron chi connectivity index (χ1n) is 6.97. The van der Waals surface area contributed by atoms with Crippen molar-refractivity contribution in [2.45, 2.75) is 47.1 Å². The second-order valence-corrected chi connectivity index (χ2v) is 7.71. The molecule has 108 valence electrons. The second-order valence-electron chi connectivity index (χ2n) is 7.71. The van der Waals surface area contributed by atoms with Gasteiger partial charge in [-0.3, -0.25) is 4.79 Å². The Morgan fingerprint density at radius 2 is 1.89 bits per heavy atom. The highest BCUT2D eigenvalue weighted by molar-refractivity contribution is 5.86. The SMILES string of the molecule is COC(=O)[C@@H]1C2[C@H](CN1C(=O)CC(C)(C)C)C2(C)C. The van der Waals surface area contributed by atoms with Crippen molar-refractivity contribution >= 4 is 11.9 Å². The van der Waals surface area contributed by atoms with Gasteiger partial charge >= 0.3 is 5.97 Å². The average molecular weight is 267 g/mol. The molecule has 19 heavy (non-hydrogen) atoms. The minimum absolute atomic E-state index is 0.0555. The summed E-state index contributed by atoms with van der Waals surface area (Å²) in [5.74, 6) is 0.524. The zero-order valence-electron chi connectivity index (χ0n) is 12.8. The van der Waals surface area contributed by atoms with Crippen LogP contribution in [0, 0.1) is 22.7 Å². The van der Waals surface area contributed by atoms with Crippen molar-refractivity contribution in [3.8, 4) is 0 Å². The molecule has 1 saturated carbocycles. The molecule has 0 N–H and O–H groups in total. The number of ether oxygens (including phenoxy) is 1. The van der Waals surface area contributed by atoms with Gasteiger partial charge in [-0.2, -0.15) is 0 Å². The monoisotopic (exact) mass is 267 g/mol. The summed E-state index contributed by atoms with van der Waals surface area (Å²) in [6.07, 6.45) is 0.473. The predicted octanol–water partition coefficient (Wildman–Crippen LogP) is 2.08. The molecule has 1 heterocycles. The van der Waals surface area contributed by atoms with Gasteiger partial charge in [0.05, 0.1) is 7.11 Å². The largest absolute Gasteiger partial charge is 0.467 e. The molecule has 1 aliphatic carbocycles. The highest BCUT2D eigenvalue weighted by atomic mass is 16.5. The molecule has 1 amide bonds. The third-order valence-corrected chi connectivity index (χ3v) is 4.65. The number of hydrogen-bond acceptors (Lipinski definition) is 3. The summed E-state index contributed by atoms with van der Waals surface area (Å²) in [7, 11) is 1.40. The quantitative estimate of drug-likeness (QED) is 0.720. The van der Waals surface area contributed by atoms with E-state index in [1.54, 1.807) is 4.90 Å². The van der Waals surface area contributed by atoms with Crippen molar-refractivity contribution in [2.75, 3.05) is 13.7 Å². The van der Waals surface area contributed by atoms with Crippen LogP contribution in [-0.4, -0.2) is 36.5 Å². The van der Waals surface area contributed by atoms with Crippen LogP contribution in [-0.2, 0) is 14.3 Å². The molecule has 0 radical (unpaired) electrons. The minimum atomic E-state index is -0.375. The number of likely N-dealkylation sites (tertiary alicyclic amines) is 1. The topological polar surface area (TPSA) is 46.6 Å². The van der Waals surface area contributed by atoms with Gasteiger partial charge in [-0.05, 0) is 16.7 Å². The summed E-state index contributed by atoms with van der Waals surface area (Å²) in [6.45, 7) is 11.2. The zero-order chi connectivity index (χ0) is 14.6. The molecular weight excluding hydrogens is 242 g/mol. The van der Waals surface area contributed by atoms with Gasteiger partial charge in [0.1, 0.15) is 6.04 Å². The molecule has 0 aromatic carbocycles.